The van der Waals surface area contributed by atoms with Crippen LogP contribution in [0.15, 0.2) is 53.4 Å². The van der Waals surface area contributed by atoms with E-state index in [1.165, 1.54) is 42.5 Å². The average molecular weight is 361 g/mol. The number of halogens is 2. The molecule has 2 aromatic carbocycles. The Morgan fingerprint density at radius 3 is 2.25 bits per heavy atom. The molecule has 0 spiro atoms. The molecule has 1 saturated carbocycles. The lowest BCUT2D eigenvalue weighted by atomic mass is 10.0. The van der Waals surface area contributed by atoms with Gasteiger partial charge in [0.05, 0.1) is 17.0 Å². The molecule has 0 saturated heterocycles. The van der Waals surface area contributed by atoms with Gasteiger partial charge in [-0.2, -0.15) is 10.5 Å². The third-order valence-electron chi connectivity index (χ3n) is 4.19. The van der Waals surface area contributed by atoms with Gasteiger partial charge in [0.15, 0.2) is 15.3 Å². The van der Waals surface area contributed by atoms with Gasteiger partial charge in [0.1, 0.15) is 11.1 Å². The summed E-state index contributed by atoms with van der Waals surface area (Å²) in [4.78, 5) is -0.0225. The van der Waals surface area contributed by atoms with Crippen molar-refractivity contribution in [3.63, 3.8) is 0 Å². The summed E-state index contributed by atoms with van der Waals surface area (Å²) in [5, 5.41) is 18.0. The normalized spacial score (nSPS) is 21.5. The Morgan fingerprint density at radius 2 is 1.71 bits per heavy atom. The average Bonchev–Trinajstić information content (AvgIpc) is 3.26. The zero-order valence-corrected chi connectivity index (χ0v) is 13.7. The molecular weight excluding hydrogens is 351 g/mol. The van der Waals surface area contributed by atoms with Crippen molar-refractivity contribution in [1.29, 1.82) is 10.5 Å². The molecule has 0 bridgehead atoms. The lowest BCUT2D eigenvalue weighted by Crippen LogP contribution is -2.14. The predicted octanol–water partition coefficient (Wildman–Crippen LogP) is 3.45. The van der Waals surface area contributed by atoms with Crippen LogP contribution in [0.4, 0.5) is 4.39 Å². The molecule has 24 heavy (non-hydrogen) atoms. The number of sulfone groups is 1. The second-order valence-electron chi connectivity index (χ2n) is 5.54. The summed E-state index contributed by atoms with van der Waals surface area (Å²) in [6.45, 7) is 0. The number of hydrogen-bond donors (Lipinski definition) is 0. The Labute approximate surface area is 143 Å². The van der Waals surface area contributed by atoms with Crippen LogP contribution in [0.3, 0.4) is 0 Å². The van der Waals surface area contributed by atoms with Crippen LogP contribution in [0, 0.1) is 33.9 Å². The van der Waals surface area contributed by atoms with Crippen LogP contribution in [-0.4, -0.2) is 13.7 Å². The monoisotopic (exact) mass is 360 g/mol. The van der Waals surface area contributed by atoms with E-state index < -0.39 is 32.2 Å². The minimum atomic E-state index is -3.95. The maximum Gasteiger partial charge on any atom is 0.184 e. The van der Waals surface area contributed by atoms with Crippen LogP contribution in [0.1, 0.15) is 11.5 Å². The smallest absolute Gasteiger partial charge is 0.184 e. The van der Waals surface area contributed by atoms with Crippen molar-refractivity contribution >= 4 is 21.4 Å². The molecule has 2 aromatic rings. The molecule has 1 aliphatic carbocycles. The third-order valence-corrected chi connectivity index (χ3v) is 6.68. The summed E-state index contributed by atoms with van der Waals surface area (Å²) in [5.74, 6) is -1.45. The zero-order chi connectivity index (χ0) is 17.5. The van der Waals surface area contributed by atoms with E-state index in [0.717, 1.165) is 6.07 Å². The van der Waals surface area contributed by atoms with Gasteiger partial charge in [0, 0.05) is 10.9 Å². The van der Waals surface area contributed by atoms with Gasteiger partial charge in [-0.15, -0.1) is 0 Å². The zero-order valence-electron chi connectivity index (χ0n) is 12.1. The fraction of sp³-hybridized carbons (Fsp3) is 0.176. The highest BCUT2D eigenvalue weighted by molar-refractivity contribution is 7.92. The Bertz CT molecular complexity index is 976. The number of nitriles is 2. The van der Waals surface area contributed by atoms with Gasteiger partial charge in [-0.25, -0.2) is 12.8 Å². The molecule has 7 heteroatoms. The van der Waals surface area contributed by atoms with E-state index >= 15 is 0 Å². The molecule has 4 nitrogen and oxygen atoms in total. The topological polar surface area (TPSA) is 81.7 Å². The van der Waals surface area contributed by atoms with Crippen molar-refractivity contribution in [2.45, 2.75) is 16.1 Å². The van der Waals surface area contributed by atoms with E-state index in [-0.39, 0.29) is 4.90 Å². The van der Waals surface area contributed by atoms with Gasteiger partial charge in [-0.1, -0.05) is 23.7 Å². The molecule has 0 N–H and O–H groups in total. The fourth-order valence-electron chi connectivity index (χ4n) is 2.98. The summed E-state index contributed by atoms with van der Waals surface area (Å²) in [6, 6.07) is 14.5. The van der Waals surface area contributed by atoms with E-state index in [1.54, 1.807) is 0 Å². The first-order valence-electron chi connectivity index (χ1n) is 6.94. The number of hydrogen-bond acceptors (Lipinski definition) is 4. The molecule has 0 aliphatic heterocycles. The second kappa shape index (κ2) is 5.59. The summed E-state index contributed by atoms with van der Waals surface area (Å²) in [7, 11) is -3.95. The van der Waals surface area contributed by atoms with Gasteiger partial charge >= 0.3 is 0 Å². The first-order valence-corrected chi connectivity index (χ1v) is 8.86. The van der Waals surface area contributed by atoms with E-state index in [2.05, 4.69) is 0 Å². The summed E-state index contributed by atoms with van der Waals surface area (Å²) in [5.41, 5.74) is -1.41. The Morgan fingerprint density at radius 1 is 1.08 bits per heavy atom. The quantitative estimate of drug-likeness (QED) is 0.839. The Kier molecular flexibility index (Phi) is 3.83. The predicted molar refractivity (Wildman–Crippen MR) is 85.2 cm³/mol. The lowest BCUT2D eigenvalue weighted by Gasteiger charge is -2.04. The highest BCUT2D eigenvalue weighted by Crippen LogP contribution is 2.63. The maximum absolute atomic E-state index is 13.5. The fourth-order valence-corrected chi connectivity index (χ4v) is 5.31. The minimum absolute atomic E-state index is 0.0225. The molecule has 0 radical (unpaired) electrons. The van der Waals surface area contributed by atoms with Gasteiger partial charge in [-0.3, -0.25) is 0 Å². The first-order chi connectivity index (χ1) is 11.4. The van der Waals surface area contributed by atoms with Crippen LogP contribution in [0.5, 0.6) is 0 Å². The van der Waals surface area contributed by atoms with E-state index in [4.69, 9.17) is 11.6 Å². The van der Waals surface area contributed by atoms with Crippen LogP contribution in [-0.2, 0) is 9.84 Å². The first kappa shape index (κ1) is 16.4. The summed E-state index contributed by atoms with van der Waals surface area (Å²) >= 11 is 5.77. The van der Waals surface area contributed by atoms with Crippen molar-refractivity contribution in [1.82, 2.24) is 0 Å². The van der Waals surface area contributed by atoms with Crippen molar-refractivity contribution in [3.05, 3.63) is 64.9 Å². The van der Waals surface area contributed by atoms with Crippen LogP contribution < -0.4 is 0 Å². The molecule has 0 heterocycles. The van der Waals surface area contributed by atoms with Gasteiger partial charge in [-0.05, 0) is 42.0 Å². The number of benzene rings is 2. The van der Waals surface area contributed by atoms with Gasteiger partial charge in [0.2, 0.25) is 0 Å². The van der Waals surface area contributed by atoms with E-state index in [1.807, 2.05) is 12.1 Å². The van der Waals surface area contributed by atoms with Crippen molar-refractivity contribution in [2.24, 2.45) is 5.41 Å². The molecule has 2 atom stereocenters. The maximum atomic E-state index is 13.5. The van der Waals surface area contributed by atoms with Crippen molar-refractivity contribution < 1.29 is 12.8 Å². The lowest BCUT2D eigenvalue weighted by molar-refractivity contribution is 0.591. The van der Waals surface area contributed by atoms with Crippen LogP contribution in [0.25, 0.3) is 0 Å². The van der Waals surface area contributed by atoms with Crippen LogP contribution in [0.2, 0.25) is 5.02 Å². The van der Waals surface area contributed by atoms with Crippen LogP contribution >= 0.6 is 11.6 Å². The van der Waals surface area contributed by atoms with Crippen molar-refractivity contribution in [3.8, 4) is 12.1 Å². The Balaban J connectivity index is 2.11. The largest absolute Gasteiger partial charge is 0.223 e. The highest BCUT2D eigenvalue weighted by Gasteiger charge is 2.73. The number of rotatable bonds is 3. The molecule has 0 unspecified atom stereocenters. The second-order valence-corrected chi connectivity index (χ2v) is 8.05. The molecule has 1 aliphatic rings. The molecule has 120 valence electrons. The summed E-state index contributed by atoms with van der Waals surface area (Å²) < 4.78 is 39.2. The highest BCUT2D eigenvalue weighted by atomic mass is 35.5. The minimum Gasteiger partial charge on any atom is -0.223 e. The standard InChI is InChI=1S/C17H10ClFN2O2S/c18-12-4-6-14(7-5-12)24(22,23)16-15(17(16,9-20)10-21)11-2-1-3-13(19)8-11/h1-8,15-16H/t15-,16+/m0/s1. The van der Waals surface area contributed by atoms with E-state index in [9.17, 15) is 23.3 Å². The SMILES string of the molecule is N#CC1(C#N)[C@H](S(=O)(=O)c2ccc(Cl)cc2)[C@@H]1c1cccc(F)c1. The van der Waals surface area contributed by atoms with E-state index in [0.29, 0.717) is 10.6 Å². The molecule has 0 amide bonds. The van der Waals surface area contributed by atoms with Gasteiger partial charge in [0.25, 0.3) is 0 Å². The molecular formula is C17H10ClFN2O2S. The molecule has 0 aromatic heterocycles. The molecule has 1 fully saturated rings. The Hall–Kier alpha value is -2.41. The van der Waals surface area contributed by atoms with Gasteiger partial charge < -0.3 is 0 Å². The number of nitrogens with zero attached hydrogens (tertiary/aromatic N) is 2. The van der Waals surface area contributed by atoms with Crippen molar-refractivity contribution in [2.75, 3.05) is 0 Å². The molecule has 3 rings (SSSR count). The third kappa shape index (κ3) is 2.36. The summed E-state index contributed by atoms with van der Waals surface area (Å²) in [6.07, 6.45) is 0.